The van der Waals surface area contributed by atoms with Crippen molar-refractivity contribution < 1.29 is 4.79 Å². The van der Waals surface area contributed by atoms with Gasteiger partial charge in [0.05, 0.1) is 0 Å². The number of benzene rings is 1. The summed E-state index contributed by atoms with van der Waals surface area (Å²) < 4.78 is 0. The van der Waals surface area contributed by atoms with Gasteiger partial charge in [0.2, 0.25) is 5.91 Å². The van der Waals surface area contributed by atoms with E-state index in [9.17, 15) is 4.79 Å². The first kappa shape index (κ1) is 14.9. The van der Waals surface area contributed by atoms with Crippen molar-refractivity contribution in [1.82, 2.24) is 4.90 Å². The molecule has 2 rings (SSSR count). The van der Waals surface area contributed by atoms with Gasteiger partial charge in [-0.25, -0.2) is 0 Å². The highest BCUT2D eigenvalue weighted by Gasteiger charge is 2.29. The SMILES string of the molecule is Cc1cccc(N2CCN(C(=O)C(C)(C)C)CC2)c1C. The summed E-state index contributed by atoms with van der Waals surface area (Å²) in [7, 11) is 0. The number of anilines is 1. The van der Waals surface area contributed by atoms with E-state index in [2.05, 4.69) is 36.9 Å². The molecule has 0 saturated carbocycles. The minimum Gasteiger partial charge on any atom is -0.368 e. The molecule has 1 aliphatic rings. The number of hydrogen-bond acceptors (Lipinski definition) is 2. The van der Waals surface area contributed by atoms with E-state index in [-0.39, 0.29) is 11.3 Å². The van der Waals surface area contributed by atoms with Crippen LogP contribution in [0.3, 0.4) is 0 Å². The highest BCUT2D eigenvalue weighted by Crippen LogP contribution is 2.25. The molecule has 3 nitrogen and oxygen atoms in total. The zero-order valence-electron chi connectivity index (χ0n) is 13.4. The van der Waals surface area contributed by atoms with Gasteiger partial charge in [-0.05, 0) is 31.0 Å². The number of amides is 1. The van der Waals surface area contributed by atoms with Crippen LogP contribution < -0.4 is 4.90 Å². The molecule has 3 heteroatoms. The predicted octanol–water partition coefficient (Wildman–Crippen LogP) is 3.00. The third-order valence-corrected chi connectivity index (χ3v) is 4.13. The van der Waals surface area contributed by atoms with E-state index >= 15 is 0 Å². The molecule has 0 bridgehead atoms. The van der Waals surface area contributed by atoms with Gasteiger partial charge in [0, 0.05) is 37.3 Å². The predicted molar refractivity (Wildman–Crippen MR) is 84.2 cm³/mol. The molecule has 0 aliphatic carbocycles. The summed E-state index contributed by atoms with van der Waals surface area (Å²) >= 11 is 0. The molecule has 1 fully saturated rings. The third kappa shape index (κ3) is 2.97. The van der Waals surface area contributed by atoms with Crippen LogP contribution >= 0.6 is 0 Å². The van der Waals surface area contributed by atoms with Gasteiger partial charge >= 0.3 is 0 Å². The summed E-state index contributed by atoms with van der Waals surface area (Å²) in [5.74, 6) is 0.262. The Balaban J connectivity index is 2.05. The van der Waals surface area contributed by atoms with Crippen molar-refractivity contribution in [3.8, 4) is 0 Å². The van der Waals surface area contributed by atoms with Crippen LogP contribution in [0.4, 0.5) is 5.69 Å². The minimum absolute atomic E-state index is 0.262. The molecule has 0 unspecified atom stereocenters. The standard InChI is InChI=1S/C17H26N2O/c1-13-7-6-8-15(14(13)2)18-9-11-19(12-10-18)16(20)17(3,4)5/h6-8H,9-12H2,1-5H3. The maximum absolute atomic E-state index is 12.3. The number of piperazine rings is 1. The Morgan fingerprint density at radius 3 is 2.20 bits per heavy atom. The summed E-state index contributed by atoms with van der Waals surface area (Å²) in [5, 5.41) is 0. The molecule has 0 aromatic heterocycles. The average molecular weight is 274 g/mol. The lowest BCUT2D eigenvalue weighted by Crippen LogP contribution is -2.51. The Hall–Kier alpha value is -1.51. The van der Waals surface area contributed by atoms with Crippen LogP contribution in [-0.4, -0.2) is 37.0 Å². The van der Waals surface area contributed by atoms with E-state index < -0.39 is 0 Å². The van der Waals surface area contributed by atoms with Crippen LogP contribution in [0.1, 0.15) is 31.9 Å². The van der Waals surface area contributed by atoms with E-state index in [1.807, 2.05) is 25.7 Å². The van der Waals surface area contributed by atoms with Crippen molar-refractivity contribution in [2.75, 3.05) is 31.1 Å². The molecule has 0 atom stereocenters. The van der Waals surface area contributed by atoms with Gasteiger partial charge in [0.25, 0.3) is 0 Å². The van der Waals surface area contributed by atoms with Crippen LogP contribution in [0.5, 0.6) is 0 Å². The zero-order valence-corrected chi connectivity index (χ0v) is 13.4. The average Bonchev–Trinajstić information content (AvgIpc) is 2.40. The molecular weight excluding hydrogens is 248 g/mol. The molecule has 0 N–H and O–H groups in total. The molecule has 1 heterocycles. The number of hydrogen-bond donors (Lipinski definition) is 0. The Bertz CT molecular complexity index is 494. The molecule has 20 heavy (non-hydrogen) atoms. The molecule has 1 saturated heterocycles. The second-order valence-corrected chi connectivity index (χ2v) is 6.75. The van der Waals surface area contributed by atoms with E-state index in [0.717, 1.165) is 26.2 Å². The van der Waals surface area contributed by atoms with Gasteiger partial charge in [-0.15, -0.1) is 0 Å². The lowest BCUT2D eigenvalue weighted by molar-refractivity contribution is -0.139. The maximum Gasteiger partial charge on any atom is 0.228 e. The summed E-state index contributed by atoms with van der Waals surface area (Å²) in [5.41, 5.74) is 3.72. The molecule has 0 spiro atoms. The molecule has 1 aliphatic heterocycles. The molecule has 110 valence electrons. The Labute approximate surface area is 122 Å². The molecule has 1 amide bonds. The highest BCUT2D eigenvalue weighted by atomic mass is 16.2. The van der Waals surface area contributed by atoms with Gasteiger partial charge in [-0.1, -0.05) is 32.9 Å². The summed E-state index contributed by atoms with van der Waals surface area (Å²) in [6.07, 6.45) is 0. The summed E-state index contributed by atoms with van der Waals surface area (Å²) in [6, 6.07) is 6.45. The molecule has 1 aromatic carbocycles. The smallest absolute Gasteiger partial charge is 0.228 e. The quantitative estimate of drug-likeness (QED) is 0.786. The van der Waals surface area contributed by atoms with Crippen LogP contribution in [0.15, 0.2) is 18.2 Å². The second kappa shape index (κ2) is 5.47. The fourth-order valence-corrected chi connectivity index (χ4v) is 2.70. The van der Waals surface area contributed by atoms with Gasteiger partial charge in [-0.2, -0.15) is 0 Å². The monoisotopic (exact) mass is 274 g/mol. The van der Waals surface area contributed by atoms with Crippen molar-refractivity contribution >= 4 is 11.6 Å². The van der Waals surface area contributed by atoms with E-state index in [1.165, 1.54) is 16.8 Å². The van der Waals surface area contributed by atoms with Crippen molar-refractivity contribution in [1.29, 1.82) is 0 Å². The maximum atomic E-state index is 12.3. The van der Waals surface area contributed by atoms with Gasteiger partial charge in [-0.3, -0.25) is 4.79 Å². The van der Waals surface area contributed by atoms with Crippen LogP contribution in [0.2, 0.25) is 0 Å². The van der Waals surface area contributed by atoms with E-state index in [4.69, 9.17) is 0 Å². The number of carbonyl (C=O) groups excluding carboxylic acids is 1. The molecular formula is C17H26N2O. The van der Waals surface area contributed by atoms with Crippen molar-refractivity contribution in [3.05, 3.63) is 29.3 Å². The summed E-state index contributed by atoms with van der Waals surface area (Å²) in [6.45, 7) is 13.8. The molecule has 0 radical (unpaired) electrons. The number of nitrogens with zero attached hydrogens (tertiary/aromatic N) is 2. The lowest BCUT2D eigenvalue weighted by atomic mass is 9.94. The zero-order chi connectivity index (χ0) is 14.9. The first-order chi connectivity index (χ1) is 9.30. The Kier molecular flexibility index (Phi) is 4.07. The van der Waals surface area contributed by atoms with E-state index in [0.29, 0.717) is 0 Å². The topological polar surface area (TPSA) is 23.6 Å². The largest absolute Gasteiger partial charge is 0.368 e. The van der Waals surface area contributed by atoms with Gasteiger partial charge in [0.1, 0.15) is 0 Å². The van der Waals surface area contributed by atoms with Crippen LogP contribution in [0.25, 0.3) is 0 Å². The number of rotatable bonds is 1. The van der Waals surface area contributed by atoms with Crippen molar-refractivity contribution in [3.63, 3.8) is 0 Å². The van der Waals surface area contributed by atoms with Gasteiger partial charge < -0.3 is 9.80 Å². The minimum atomic E-state index is -0.276. The Morgan fingerprint density at radius 1 is 1.05 bits per heavy atom. The normalized spacial score (nSPS) is 16.4. The number of aryl methyl sites for hydroxylation is 1. The Morgan fingerprint density at radius 2 is 1.65 bits per heavy atom. The second-order valence-electron chi connectivity index (χ2n) is 6.75. The summed E-state index contributed by atoms with van der Waals surface area (Å²) in [4.78, 5) is 16.7. The fourth-order valence-electron chi connectivity index (χ4n) is 2.70. The van der Waals surface area contributed by atoms with E-state index in [1.54, 1.807) is 0 Å². The van der Waals surface area contributed by atoms with Crippen molar-refractivity contribution in [2.45, 2.75) is 34.6 Å². The first-order valence-electron chi connectivity index (χ1n) is 7.41. The third-order valence-electron chi connectivity index (χ3n) is 4.13. The van der Waals surface area contributed by atoms with Gasteiger partial charge in [0.15, 0.2) is 0 Å². The fraction of sp³-hybridized carbons (Fsp3) is 0.588. The highest BCUT2D eigenvalue weighted by molar-refractivity contribution is 5.81. The number of carbonyl (C=O) groups is 1. The van der Waals surface area contributed by atoms with Crippen LogP contribution in [0, 0.1) is 19.3 Å². The molecule has 1 aromatic rings. The van der Waals surface area contributed by atoms with Crippen molar-refractivity contribution in [2.24, 2.45) is 5.41 Å². The van der Waals surface area contributed by atoms with Crippen LogP contribution in [-0.2, 0) is 4.79 Å². The lowest BCUT2D eigenvalue weighted by Gasteiger charge is -2.39. The first-order valence-corrected chi connectivity index (χ1v) is 7.41.